The average molecular weight is 709 g/mol. The molecule has 0 saturated carbocycles. The summed E-state index contributed by atoms with van der Waals surface area (Å²) in [5.74, 6) is 1.43. The minimum atomic E-state index is -0.544. The molecule has 10 heteroatoms. The molecule has 5 rings (SSSR count). The monoisotopic (exact) mass is 708 g/mol. The second-order valence-corrected chi connectivity index (χ2v) is 12.4. The Bertz CT molecular complexity index is 1750. The number of ether oxygens (including phenoxy) is 6. The number of aliphatic hydroxyl groups is 2. The third-order valence-electron chi connectivity index (χ3n) is 9.01. The number of carbonyl (C=O) groups is 2. The van der Waals surface area contributed by atoms with Crippen molar-refractivity contribution in [3.05, 3.63) is 141 Å². The van der Waals surface area contributed by atoms with Gasteiger partial charge in [-0.05, 0) is 115 Å². The van der Waals surface area contributed by atoms with Crippen LogP contribution in [-0.2, 0) is 71.2 Å². The minimum absolute atomic E-state index is 0.00581. The van der Waals surface area contributed by atoms with Gasteiger partial charge in [0.2, 0.25) is 0 Å². The molecule has 0 fully saturated rings. The smallest absolute Gasteiger partial charge is 0.330 e. The van der Waals surface area contributed by atoms with Crippen LogP contribution in [0.15, 0.2) is 73.8 Å². The first-order chi connectivity index (χ1) is 25.2. The predicted molar refractivity (Wildman–Crippen MR) is 195 cm³/mol. The summed E-state index contributed by atoms with van der Waals surface area (Å²) >= 11 is 0. The van der Waals surface area contributed by atoms with Crippen molar-refractivity contribution in [3.63, 3.8) is 0 Å². The summed E-state index contributed by atoms with van der Waals surface area (Å²) in [6.45, 7) is 6.63. The van der Waals surface area contributed by atoms with Crippen molar-refractivity contribution >= 4 is 11.9 Å². The molecular formula is C42H44O10. The highest BCUT2D eigenvalue weighted by atomic mass is 16.5. The summed E-state index contributed by atoms with van der Waals surface area (Å²) in [6.07, 6.45) is 3.64. The molecule has 0 aromatic heterocycles. The van der Waals surface area contributed by atoms with Crippen molar-refractivity contribution in [1.82, 2.24) is 0 Å². The van der Waals surface area contributed by atoms with E-state index in [0.29, 0.717) is 59.8 Å². The maximum atomic E-state index is 12.1. The largest absolute Gasteiger partial charge is 0.496 e. The number of hydrogen-bond donors (Lipinski definition) is 2. The van der Waals surface area contributed by atoms with E-state index in [1.807, 2.05) is 48.5 Å². The lowest BCUT2D eigenvalue weighted by Crippen LogP contribution is -2.10. The molecule has 0 heterocycles. The summed E-state index contributed by atoms with van der Waals surface area (Å²) in [6, 6.07) is 15.4. The summed E-state index contributed by atoms with van der Waals surface area (Å²) in [5, 5.41) is 20.8. The lowest BCUT2D eigenvalue weighted by Gasteiger charge is -2.23. The van der Waals surface area contributed by atoms with Crippen molar-refractivity contribution in [2.75, 3.05) is 28.4 Å². The number of rotatable bonds is 12. The summed E-state index contributed by atoms with van der Waals surface area (Å²) in [4.78, 5) is 24.2. The predicted octanol–water partition coefficient (Wildman–Crippen LogP) is 5.84. The highest BCUT2D eigenvalue weighted by Crippen LogP contribution is 2.40. The van der Waals surface area contributed by atoms with Gasteiger partial charge >= 0.3 is 11.9 Å². The first-order valence-electron chi connectivity index (χ1n) is 16.7. The molecule has 0 aliphatic heterocycles. The fourth-order valence-corrected chi connectivity index (χ4v) is 7.00. The Morgan fingerprint density at radius 2 is 0.731 bits per heavy atom. The number of methoxy groups -OCH3 is 4. The zero-order valence-electron chi connectivity index (χ0n) is 30.0. The summed E-state index contributed by atoms with van der Waals surface area (Å²) in [7, 11) is 6.44. The number of esters is 2. The highest BCUT2D eigenvalue weighted by molar-refractivity contribution is 5.81. The van der Waals surface area contributed by atoms with Crippen LogP contribution in [0.25, 0.3) is 0 Å². The van der Waals surface area contributed by atoms with Crippen LogP contribution in [0.5, 0.6) is 23.0 Å². The van der Waals surface area contributed by atoms with Gasteiger partial charge in [-0.25, -0.2) is 9.59 Å². The second-order valence-electron chi connectivity index (χ2n) is 12.4. The van der Waals surface area contributed by atoms with E-state index in [9.17, 15) is 19.8 Å². The van der Waals surface area contributed by atoms with Crippen LogP contribution in [-0.4, -0.2) is 50.6 Å². The van der Waals surface area contributed by atoms with E-state index in [2.05, 4.69) is 13.2 Å². The molecule has 272 valence electrons. The molecule has 4 aromatic rings. The number of fused-ring (bicyclic) bond motifs is 8. The van der Waals surface area contributed by atoms with Gasteiger partial charge in [-0.2, -0.15) is 0 Å². The Kier molecular flexibility index (Phi) is 12.4. The van der Waals surface area contributed by atoms with Crippen molar-refractivity contribution in [2.45, 2.75) is 52.1 Å². The van der Waals surface area contributed by atoms with E-state index < -0.39 is 11.9 Å². The minimum Gasteiger partial charge on any atom is -0.496 e. The first kappa shape index (κ1) is 37.7. The Morgan fingerprint density at radius 3 is 0.923 bits per heavy atom. The number of benzene rings is 4. The van der Waals surface area contributed by atoms with Crippen LogP contribution in [0.1, 0.15) is 66.8 Å². The number of carbonyl (C=O) groups excluding carboxylic acids is 2. The molecule has 0 atom stereocenters. The molecule has 8 bridgehead atoms. The van der Waals surface area contributed by atoms with Crippen LogP contribution in [0, 0.1) is 0 Å². The Morgan fingerprint density at radius 1 is 0.500 bits per heavy atom. The van der Waals surface area contributed by atoms with Crippen LogP contribution in [0.4, 0.5) is 0 Å². The first-order valence-corrected chi connectivity index (χ1v) is 16.7. The van der Waals surface area contributed by atoms with Gasteiger partial charge in [-0.1, -0.05) is 13.2 Å². The van der Waals surface area contributed by atoms with Crippen LogP contribution in [0.3, 0.4) is 0 Å². The van der Waals surface area contributed by atoms with Crippen LogP contribution in [0.2, 0.25) is 0 Å². The van der Waals surface area contributed by atoms with Gasteiger partial charge in [0.05, 0.1) is 41.7 Å². The average Bonchev–Trinajstić information content (AvgIpc) is 3.15. The molecule has 0 amide bonds. The van der Waals surface area contributed by atoms with Crippen molar-refractivity contribution in [3.8, 4) is 23.0 Å². The zero-order valence-corrected chi connectivity index (χ0v) is 30.0. The standard InChI is InChI=1S/C42H44O10/c1-7-37(45)51-23-27-13-33-17-29-9-25(21-43)11-31(39(29)47-3)19-35-15-28(24-52-38(46)8-2)16-36(42(35)50-6)20-32-12-26(22-44)10-30(40(32)48-4)18-34(14-27)41(33)49-5/h7-16,43-44H,1-2,17-24H2,3-6H3. The van der Waals surface area contributed by atoms with Gasteiger partial charge in [-0.15, -0.1) is 0 Å². The maximum Gasteiger partial charge on any atom is 0.330 e. The summed E-state index contributed by atoms with van der Waals surface area (Å²) < 4.78 is 35.3. The van der Waals surface area contributed by atoms with Crippen molar-refractivity contribution in [1.29, 1.82) is 0 Å². The SMILES string of the molecule is C=CC(=O)OCc1cc2c(OC)c(c1)Cc1cc(CO)cc(c1OC)Cc1cc(COC(=O)C=C)cc(c1OC)Cc1cc(CO)cc(c1OC)C2. The Labute approximate surface area is 303 Å². The molecule has 4 aromatic carbocycles. The maximum absolute atomic E-state index is 12.1. The van der Waals surface area contributed by atoms with E-state index in [0.717, 1.165) is 67.8 Å². The van der Waals surface area contributed by atoms with E-state index >= 15 is 0 Å². The van der Waals surface area contributed by atoms with E-state index in [1.54, 1.807) is 28.4 Å². The normalized spacial score (nSPS) is 12.0. The molecule has 1 aliphatic carbocycles. The van der Waals surface area contributed by atoms with Gasteiger partial charge in [0, 0.05) is 37.8 Å². The van der Waals surface area contributed by atoms with Gasteiger partial charge < -0.3 is 38.6 Å². The molecule has 0 spiro atoms. The fraction of sp³-hybridized carbons (Fsp3) is 0.286. The molecule has 0 unspecified atom stereocenters. The van der Waals surface area contributed by atoms with Gasteiger partial charge in [0.1, 0.15) is 36.2 Å². The third-order valence-corrected chi connectivity index (χ3v) is 9.01. The Hall–Kier alpha value is -5.58. The van der Waals surface area contributed by atoms with Crippen molar-refractivity contribution in [2.24, 2.45) is 0 Å². The van der Waals surface area contributed by atoms with E-state index in [-0.39, 0.29) is 26.4 Å². The second kappa shape index (κ2) is 17.1. The van der Waals surface area contributed by atoms with E-state index in [1.165, 1.54) is 0 Å². The molecular weight excluding hydrogens is 664 g/mol. The van der Waals surface area contributed by atoms with Crippen LogP contribution >= 0.6 is 0 Å². The van der Waals surface area contributed by atoms with E-state index in [4.69, 9.17) is 28.4 Å². The fourth-order valence-electron chi connectivity index (χ4n) is 7.00. The van der Waals surface area contributed by atoms with Crippen LogP contribution < -0.4 is 18.9 Å². The zero-order chi connectivity index (χ0) is 37.4. The molecule has 52 heavy (non-hydrogen) atoms. The topological polar surface area (TPSA) is 130 Å². The summed E-state index contributed by atoms with van der Waals surface area (Å²) in [5.41, 5.74) is 9.29. The lowest BCUT2D eigenvalue weighted by atomic mass is 9.88. The number of hydrogen-bond acceptors (Lipinski definition) is 10. The Balaban J connectivity index is 1.83. The van der Waals surface area contributed by atoms with Gasteiger partial charge in [-0.3, -0.25) is 0 Å². The van der Waals surface area contributed by atoms with Crippen molar-refractivity contribution < 1.29 is 48.2 Å². The quantitative estimate of drug-likeness (QED) is 0.120. The molecule has 0 radical (unpaired) electrons. The molecule has 1 aliphatic rings. The molecule has 2 N–H and O–H groups in total. The lowest BCUT2D eigenvalue weighted by molar-refractivity contribution is -0.139. The molecule has 10 nitrogen and oxygen atoms in total. The van der Waals surface area contributed by atoms with Gasteiger partial charge in [0.15, 0.2) is 0 Å². The van der Waals surface area contributed by atoms with Gasteiger partial charge in [0.25, 0.3) is 0 Å². The molecule has 0 saturated heterocycles. The number of aliphatic hydroxyl groups excluding tert-OH is 2. The third kappa shape index (κ3) is 8.30. The highest BCUT2D eigenvalue weighted by Gasteiger charge is 2.24.